The number of amides is 2. The normalized spacial score (nSPS) is 14.1. The van der Waals surface area contributed by atoms with Crippen molar-refractivity contribution in [1.29, 1.82) is 0 Å². The van der Waals surface area contributed by atoms with Crippen LogP contribution in [-0.4, -0.2) is 105 Å². The van der Waals surface area contributed by atoms with Crippen molar-refractivity contribution in [2.45, 2.75) is 50.7 Å². The smallest absolute Gasteiger partial charge is 0.415 e. The highest BCUT2D eigenvalue weighted by atomic mass is 16.7. The van der Waals surface area contributed by atoms with Crippen molar-refractivity contribution in [2.75, 3.05) is 39.4 Å². The van der Waals surface area contributed by atoms with Gasteiger partial charge in [-0.25, -0.2) is 14.4 Å². The number of aromatic nitrogens is 4. The van der Waals surface area contributed by atoms with Crippen molar-refractivity contribution < 1.29 is 48.0 Å². The lowest BCUT2D eigenvalue weighted by Crippen LogP contribution is -2.44. The molecule has 64 heavy (non-hydrogen) atoms. The first kappa shape index (κ1) is 44.4. The van der Waals surface area contributed by atoms with E-state index in [2.05, 4.69) is 15.1 Å². The van der Waals surface area contributed by atoms with E-state index in [-0.39, 0.29) is 30.0 Å². The number of carboxylic acid groups (broad SMARTS) is 1. The van der Waals surface area contributed by atoms with Gasteiger partial charge in [-0.1, -0.05) is 24.3 Å². The maximum Gasteiger partial charge on any atom is 0.415 e. The molecule has 3 aromatic heterocycles. The molecule has 16 heteroatoms. The fraction of sp³-hybridized carbons (Fsp3) is 0.292. The van der Waals surface area contributed by atoms with E-state index >= 15 is 0 Å². The van der Waals surface area contributed by atoms with Gasteiger partial charge in [0, 0.05) is 77.1 Å². The summed E-state index contributed by atoms with van der Waals surface area (Å²) in [5, 5.41) is 13.0. The molecule has 2 fully saturated rings. The molecule has 0 aliphatic carbocycles. The Morgan fingerprint density at radius 1 is 0.562 bits per heavy atom. The summed E-state index contributed by atoms with van der Waals surface area (Å²) < 4.78 is 28.3. The molecule has 1 N–H and O–H groups in total. The Kier molecular flexibility index (Phi) is 16.0. The fourth-order valence-corrected chi connectivity index (χ4v) is 6.86. The zero-order valence-corrected chi connectivity index (χ0v) is 35.2. The summed E-state index contributed by atoms with van der Waals surface area (Å²) in [6.45, 7) is 3.33. The van der Waals surface area contributed by atoms with Crippen LogP contribution in [0.25, 0.3) is 0 Å². The lowest BCUT2D eigenvalue weighted by Gasteiger charge is -2.31. The van der Waals surface area contributed by atoms with Crippen molar-refractivity contribution >= 4 is 18.2 Å². The molecule has 0 atom stereocenters. The van der Waals surface area contributed by atoms with Crippen molar-refractivity contribution in [3.63, 3.8) is 0 Å². The molecule has 3 aromatic carbocycles. The topological polar surface area (TPSA) is 177 Å². The molecule has 0 radical (unpaired) electrons. The highest BCUT2D eigenvalue weighted by Crippen LogP contribution is 2.22. The maximum atomic E-state index is 12.5. The Morgan fingerprint density at radius 3 is 1.48 bits per heavy atom. The van der Waals surface area contributed by atoms with Gasteiger partial charge in [0.15, 0.2) is 0 Å². The molecule has 0 bridgehead atoms. The summed E-state index contributed by atoms with van der Waals surface area (Å²) in [5.41, 5.74) is 2.41. The lowest BCUT2D eigenvalue weighted by molar-refractivity contribution is -0.0162. The van der Waals surface area contributed by atoms with Gasteiger partial charge in [0.1, 0.15) is 41.0 Å². The molecule has 0 spiro atoms. The van der Waals surface area contributed by atoms with Crippen LogP contribution in [-0.2, 0) is 12.8 Å². The minimum atomic E-state index is -0.970. The quantitative estimate of drug-likeness (QED) is 0.108. The second kappa shape index (κ2) is 23.0. The number of ether oxygens (including phenoxy) is 5. The summed E-state index contributed by atoms with van der Waals surface area (Å²) in [6, 6.07) is 30.5. The first-order valence-corrected chi connectivity index (χ1v) is 21.2. The molecular formula is C48H50N6O10. The predicted molar refractivity (Wildman–Crippen MR) is 234 cm³/mol. The predicted octanol–water partition coefficient (Wildman–Crippen LogP) is 7.44. The second-order valence-electron chi connectivity index (χ2n) is 14.9. The number of piperidine rings is 2. The first-order chi connectivity index (χ1) is 31.3. The number of likely N-dealkylation sites (tertiary alicyclic amines) is 2. The van der Waals surface area contributed by atoms with Crippen LogP contribution in [0.2, 0.25) is 0 Å². The highest BCUT2D eigenvalue weighted by molar-refractivity contribution is 5.87. The van der Waals surface area contributed by atoms with E-state index in [1.807, 2.05) is 66.7 Å². The van der Waals surface area contributed by atoms with E-state index < -0.39 is 5.97 Å². The SMILES string of the molecule is O=C(O)c1ccc(OC2CCN(C(=O)Oc3ccc(CCOc4cccnc4)cc3)CC2)cc1.O=C(Oc1ccc(CCOc2cccnc2)cc1)N1CCC(On2cccn2)CC1. The van der Waals surface area contributed by atoms with Crippen LogP contribution >= 0.6 is 0 Å². The number of hydrogen-bond acceptors (Lipinski definition) is 12. The van der Waals surface area contributed by atoms with Crippen LogP contribution in [0.1, 0.15) is 47.2 Å². The summed E-state index contributed by atoms with van der Waals surface area (Å²) in [7, 11) is 0. The first-order valence-electron chi connectivity index (χ1n) is 21.2. The Balaban J connectivity index is 0.000000193. The van der Waals surface area contributed by atoms with E-state index in [0.717, 1.165) is 48.3 Å². The largest absolute Gasteiger partial charge is 0.492 e. The molecule has 2 saturated heterocycles. The molecule has 5 heterocycles. The van der Waals surface area contributed by atoms with E-state index in [4.69, 9.17) is 33.6 Å². The van der Waals surface area contributed by atoms with Crippen LogP contribution in [0.15, 0.2) is 140 Å². The molecule has 16 nitrogen and oxygen atoms in total. The van der Waals surface area contributed by atoms with E-state index in [1.165, 1.54) is 17.0 Å². The summed E-state index contributed by atoms with van der Waals surface area (Å²) in [4.78, 5) is 54.5. The number of benzene rings is 3. The summed E-state index contributed by atoms with van der Waals surface area (Å²) >= 11 is 0. The zero-order chi connectivity index (χ0) is 44.4. The van der Waals surface area contributed by atoms with Gasteiger partial charge in [-0.3, -0.25) is 9.97 Å². The molecule has 6 aromatic rings. The van der Waals surface area contributed by atoms with Gasteiger partial charge in [-0.15, -0.1) is 9.94 Å². The van der Waals surface area contributed by atoms with Crippen molar-refractivity contribution in [1.82, 2.24) is 29.7 Å². The van der Waals surface area contributed by atoms with Gasteiger partial charge in [-0.05, 0) is 90.0 Å². The monoisotopic (exact) mass is 870 g/mol. The Hall–Kier alpha value is -7.62. The molecule has 2 amide bonds. The average molecular weight is 871 g/mol. The highest BCUT2D eigenvalue weighted by Gasteiger charge is 2.27. The lowest BCUT2D eigenvalue weighted by atomic mass is 10.1. The molecule has 0 unspecified atom stereocenters. The minimum Gasteiger partial charge on any atom is -0.492 e. The van der Waals surface area contributed by atoms with Crippen molar-refractivity contribution in [3.05, 3.63) is 157 Å². The standard InChI is InChI=1S/C26H26N2O6.C22H24N4O4/c29-25(30)20-5-9-21(10-6-20)33-23-11-15-28(16-12-23)26(31)34-22-7-3-19(4-8-22)13-17-32-24-2-1-14-27-18-24;27-22(25-14-8-20(9-15-25)30-26-13-2-12-24-26)29-19-6-4-18(5-7-19)10-16-28-21-3-1-11-23-17-21/h1-10,14,18,23H,11-13,15-17H2,(H,29,30);1-7,11-13,17,20H,8-10,14-16H2. The second-order valence-corrected chi connectivity index (χ2v) is 14.9. The van der Waals surface area contributed by atoms with Gasteiger partial charge in [0.25, 0.3) is 0 Å². The number of carbonyl (C=O) groups excluding carboxylic acids is 2. The van der Waals surface area contributed by atoms with Crippen LogP contribution in [0.4, 0.5) is 9.59 Å². The fourth-order valence-electron chi connectivity index (χ4n) is 6.86. The summed E-state index contributed by atoms with van der Waals surface area (Å²) in [6.07, 6.45) is 13.8. The Bertz CT molecular complexity index is 2320. The van der Waals surface area contributed by atoms with Gasteiger partial charge < -0.3 is 43.4 Å². The van der Waals surface area contributed by atoms with Crippen LogP contribution < -0.4 is 28.5 Å². The third kappa shape index (κ3) is 14.0. The Morgan fingerprint density at radius 2 is 1.05 bits per heavy atom. The van der Waals surface area contributed by atoms with Crippen molar-refractivity contribution in [3.8, 4) is 28.7 Å². The molecule has 2 aliphatic heterocycles. The summed E-state index contributed by atoms with van der Waals surface area (Å²) in [5.74, 6) is 2.17. The van der Waals surface area contributed by atoms with Crippen molar-refractivity contribution in [2.24, 2.45) is 0 Å². The van der Waals surface area contributed by atoms with Gasteiger partial charge in [-0.2, -0.15) is 0 Å². The minimum absolute atomic E-state index is 0.0344. The van der Waals surface area contributed by atoms with Gasteiger partial charge in [0.2, 0.25) is 0 Å². The third-order valence-electron chi connectivity index (χ3n) is 10.4. The number of pyridine rings is 2. The van der Waals surface area contributed by atoms with Crippen LogP contribution in [0.3, 0.4) is 0 Å². The van der Waals surface area contributed by atoms with Crippen LogP contribution in [0.5, 0.6) is 28.7 Å². The van der Waals surface area contributed by atoms with Gasteiger partial charge >= 0.3 is 18.2 Å². The number of hydrogen-bond donors (Lipinski definition) is 1. The number of nitrogens with zero attached hydrogens (tertiary/aromatic N) is 6. The Labute approximate surface area is 370 Å². The molecule has 0 saturated carbocycles. The zero-order valence-electron chi connectivity index (χ0n) is 35.2. The maximum absolute atomic E-state index is 12.5. The van der Waals surface area contributed by atoms with Crippen LogP contribution in [0, 0.1) is 0 Å². The third-order valence-corrected chi connectivity index (χ3v) is 10.4. The molecule has 332 valence electrons. The van der Waals surface area contributed by atoms with Gasteiger partial charge in [0.05, 0.1) is 43.6 Å². The number of rotatable bonds is 15. The van der Waals surface area contributed by atoms with E-state index in [0.29, 0.717) is 69.5 Å². The molecule has 8 rings (SSSR count). The molecular weight excluding hydrogens is 821 g/mol. The number of carboxylic acids is 1. The van der Waals surface area contributed by atoms with E-state index in [9.17, 15) is 14.4 Å². The number of carbonyl (C=O) groups is 3. The van der Waals surface area contributed by atoms with E-state index in [1.54, 1.807) is 71.2 Å². The number of aromatic carboxylic acids is 1. The molecule has 2 aliphatic rings. The average Bonchev–Trinajstić information content (AvgIpc) is 3.85.